The van der Waals surface area contributed by atoms with Gasteiger partial charge >= 0.3 is 0 Å². The zero-order valence-electron chi connectivity index (χ0n) is 7.92. The fraction of sp³-hybridized carbons (Fsp3) is 0.111. The highest BCUT2D eigenvalue weighted by atomic mass is 35.5. The molecule has 3 nitrogen and oxygen atoms in total. The van der Waals surface area contributed by atoms with Crippen molar-refractivity contribution in [3.05, 3.63) is 41.3 Å². The summed E-state index contributed by atoms with van der Waals surface area (Å²) in [6, 6.07) is 3.07. The van der Waals surface area contributed by atoms with Crippen LogP contribution >= 0.6 is 11.6 Å². The number of hydrogen-bond acceptors (Lipinski definition) is 2. The number of benzene rings is 1. The molecule has 1 aromatic carbocycles. The molecular weight excluding hydrogens is 241 g/mol. The molecule has 0 amide bonds. The lowest BCUT2D eigenvalue weighted by atomic mass is 10.3. The molecule has 0 aliphatic rings. The Labute approximate surface area is 92.6 Å². The summed E-state index contributed by atoms with van der Waals surface area (Å²) in [7, 11) is -3.76. The first-order valence-corrected chi connectivity index (χ1v) is 5.82. The molecule has 0 aliphatic carbocycles. The van der Waals surface area contributed by atoms with Crippen molar-refractivity contribution in [1.82, 2.24) is 4.72 Å². The Morgan fingerprint density at radius 3 is 2.60 bits per heavy atom. The van der Waals surface area contributed by atoms with Crippen LogP contribution in [0.3, 0.4) is 0 Å². The van der Waals surface area contributed by atoms with E-state index in [1.54, 1.807) is 0 Å². The summed E-state index contributed by atoms with van der Waals surface area (Å²) in [5.41, 5.74) is 0.260. The van der Waals surface area contributed by atoms with Crippen molar-refractivity contribution in [3.63, 3.8) is 0 Å². The summed E-state index contributed by atoms with van der Waals surface area (Å²) < 4.78 is 38.0. The number of halogens is 2. The molecule has 0 radical (unpaired) electrons. The van der Waals surface area contributed by atoms with Crippen LogP contribution in [0.15, 0.2) is 35.4 Å². The second-order valence-electron chi connectivity index (χ2n) is 2.96. The molecule has 0 atom stereocenters. The van der Waals surface area contributed by atoms with Gasteiger partial charge in [-0.15, -0.1) is 0 Å². The van der Waals surface area contributed by atoms with E-state index in [1.165, 1.54) is 6.92 Å². The van der Waals surface area contributed by atoms with Crippen LogP contribution in [0.4, 0.5) is 4.39 Å². The topological polar surface area (TPSA) is 46.2 Å². The lowest BCUT2D eigenvalue weighted by Gasteiger charge is -2.08. The highest BCUT2D eigenvalue weighted by Gasteiger charge is 2.17. The van der Waals surface area contributed by atoms with Crippen LogP contribution in [0.5, 0.6) is 0 Å². The first-order valence-electron chi connectivity index (χ1n) is 3.96. The van der Waals surface area contributed by atoms with Crippen LogP contribution in [-0.2, 0) is 10.0 Å². The van der Waals surface area contributed by atoms with Gasteiger partial charge in [-0.3, -0.25) is 4.72 Å². The molecule has 1 aromatic rings. The van der Waals surface area contributed by atoms with Gasteiger partial charge in [-0.1, -0.05) is 18.2 Å². The van der Waals surface area contributed by atoms with Crippen LogP contribution in [-0.4, -0.2) is 8.42 Å². The van der Waals surface area contributed by atoms with Crippen LogP contribution in [0, 0.1) is 5.82 Å². The van der Waals surface area contributed by atoms with E-state index in [2.05, 4.69) is 11.3 Å². The summed E-state index contributed by atoms with van der Waals surface area (Å²) in [5.74, 6) is -0.589. The minimum absolute atomic E-state index is 0.163. The van der Waals surface area contributed by atoms with Crippen LogP contribution in [0.1, 0.15) is 6.92 Å². The number of sulfonamides is 1. The molecule has 0 spiro atoms. The van der Waals surface area contributed by atoms with Crippen molar-refractivity contribution in [2.75, 3.05) is 0 Å². The minimum atomic E-state index is -3.76. The first-order chi connectivity index (χ1) is 6.83. The molecule has 0 saturated carbocycles. The summed E-state index contributed by atoms with van der Waals surface area (Å²) in [6.45, 7) is 4.90. The summed E-state index contributed by atoms with van der Waals surface area (Å²) >= 11 is 5.61. The molecule has 0 fully saturated rings. The molecule has 0 aliphatic heterocycles. The maximum absolute atomic E-state index is 12.7. The van der Waals surface area contributed by atoms with Gasteiger partial charge in [0, 0.05) is 5.70 Å². The summed E-state index contributed by atoms with van der Waals surface area (Å²) in [5, 5.41) is -0.163. The Hall–Kier alpha value is -1.07. The van der Waals surface area contributed by atoms with E-state index in [0.717, 1.165) is 18.2 Å². The molecule has 6 heteroatoms. The summed E-state index contributed by atoms with van der Waals surface area (Å²) in [6.07, 6.45) is 0. The van der Waals surface area contributed by atoms with Crippen LogP contribution in [0.25, 0.3) is 0 Å². The van der Waals surface area contributed by atoms with E-state index in [9.17, 15) is 12.8 Å². The molecule has 0 bridgehead atoms. The molecule has 15 heavy (non-hydrogen) atoms. The van der Waals surface area contributed by atoms with E-state index in [4.69, 9.17) is 11.6 Å². The van der Waals surface area contributed by atoms with Crippen molar-refractivity contribution >= 4 is 21.6 Å². The monoisotopic (exact) mass is 249 g/mol. The molecule has 0 unspecified atom stereocenters. The second-order valence-corrected chi connectivity index (χ2v) is 5.02. The van der Waals surface area contributed by atoms with Gasteiger partial charge in [0.2, 0.25) is 0 Å². The Morgan fingerprint density at radius 2 is 2.13 bits per heavy atom. The molecule has 1 N–H and O–H groups in total. The molecule has 0 aromatic heterocycles. The maximum Gasteiger partial charge on any atom is 0.263 e. The lowest BCUT2D eigenvalue weighted by Crippen LogP contribution is -2.21. The predicted molar refractivity (Wildman–Crippen MR) is 56.5 cm³/mol. The molecular formula is C9H9ClFNO2S. The van der Waals surface area contributed by atoms with Gasteiger partial charge in [0.1, 0.15) is 10.7 Å². The largest absolute Gasteiger partial charge is 0.284 e. The average Bonchev–Trinajstić information content (AvgIpc) is 1.99. The fourth-order valence-corrected chi connectivity index (χ4v) is 2.58. The van der Waals surface area contributed by atoms with Gasteiger partial charge in [-0.05, 0) is 25.1 Å². The van der Waals surface area contributed by atoms with Gasteiger partial charge in [0.05, 0.1) is 5.02 Å². The Kier molecular flexibility index (Phi) is 3.36. The third kappa shape index (κ3) is 2.94. The number of nitrogens with one attached hydrogen (secondary N) is 1. The van der Waals surface area contributed by atoms with E-state index in [-0.39, 0.29) is 15.6 Å². The highest BCUT2D eigenvalue weighted by Crippen LogP contribution is 2.22. The Bertz CT molecular complexity index is 499. The third-order valence-corrected chi connectivity index (χ3v) is 3.47. The maximum atomic E-state index is 12.7. The van der Waals surface area contributed by atoms with Gasteiger partial charge in [0.25, 0.3) is 10.0 Å². The van der Waals surface area contributed by atoms with Gasteiger partial charge in [-0.2, -0.15) is 0 Å². The smallest absolute Gasteiger partial charge is 0.263 e. The van der Waals surface area contributed by atoms with Crippen molar-refractivity contribution in [1.29, 1.82) is 0 Å². The quantitative estimate of drug-likeness (QED) is 0.893. The Balaban J connectivity index is 3.22. The van der Waals surface area contributed by atoms with Crippen LogP contribution in [0.2, 0.25) is 5.02 Å². The standard InChI is InChI=1S/C9H9ClFNO2S/c1-6(2)12-15(13,14)9-4-3-7(11)5-8(9)10/h3-5,12H,1H2,2H3. The van der Waals surface area contributed by atoms with Crippen molar-refractivity contribution in [2.24, 2.45) is 0 Å². The highest BCUT2D eigenvalue weighted by molar-refractivity contribution is 7.89. The fourth-order valence-electron chi connectivity index (χ4n) is 0.977. The number of rotatable bonds is 3. The Morgan fingerprint density at radius 1 is 1.53 bits per heavy atom. The number of allylic oxidation sites excluding steroid dienone is 1. The lowest BCUT2D eigenvalue weighted by molar-refractivity contribution is 0.588. The predicted octanol–water partition coefficient (Wildman–Crippen LogP) is 2.29. The molecule has 1 rings (SSSR count). The molecule has 82 valence electrons. The van der Waals surface area contributed by atoms with E-state index < -0.39 is 15.8 Å². The van der Waals surface area contributed by atoms with Crippen molar-refractivity contribution in [3.8, 4) is 0 Å². The normalized spacial score (nSPS) is 11.1. The number of hydrogen-bond donors (Lipinski definition) is 1. The van der Waals surface area contributed by atoms with E-state index in [1.807, 2.05) is 0 Å². The van der Waals surface area contributed by atoms with Crippen molar-refractivity contribution < 1.29 is 12.8 Å². The van der Waals surface area contributed by atoms with Gasteiger partial charge in [0.15, 0.2) is 0 Å². The average molecular weight is 250 g/mol. The first kappa shape index (κ1) is 12.0. The second kappa shape index (κ2) is 4.20. The minimum Gasteiger partial charge on any atom is -0.284 e. The van der Waals surface area contributed by atoms with E-state index >= 15 is 0 Å². The van der Waals surface area contributed by atoms with Crippen molar-refractivity contribution in [2.45, 2.75) is 11.8 Å². The molecule has 0 heterocycles. The summed E-state index contributed by atoms with van der Waals surface area (Å²) in [4.78, 5) is -0.173. The van der Waals surface area contributed by atoms with Gasteiger partial charge < -0.3 is 0 Å². The van der Waals surface area contributed by atoms with Gasteiger partial charge in [-0.25, -0.2) is 12.8 Å². The van der Waals surface area contributed by atoms with E-state index in [0.29, 0.717) is 0 Å². The zero-order valence-corrected chi connectivity index (χ0v) is 9.49. The SMILES string of the molecule is C=C(C)NS(=O)(=O)c1ccc(F)cc1Cl. The molecule has 0 saturated heterocycles. The third-order valence-electron chi connectivity index (χ3n) is 1.49. The van der Waals surface area contributed by atoms with Crippen LogP contribution < -0.4 is 4.72 Å². The zero-order chi connectivity index (χ0) is 11.6.